The van der Waals surface area contributed by atoms with Gasteiger partial charge >= 0.3 is 0 Å². The summed E-state index contributed by atoms with van der Waals surface area (Å²) in [7, 11) is 0. The van der Waals surface area contributed by atoms with Crippen LogP contribution < -0.4 is 5.32 Å². The molecule has 31 heavy (non-hydrogen) atoms. The second-order valence-electron chi connectivity index (χ2n) is 9.38. The molecule has 0 spiro atoms. The smallest absolute Gasteiger partial charge is 0.226 e. The molecule has 162 valence electrons. The number of hydrogen-bond donors (Lipinski definition) is 2. The Morgan fingerprint density at radius 3 is 2.87 bits per heavy atom. The van der Waals surface area contributed by atoms with E-state index in [0.29, 0.717) is 24.5 Å². The van der Waals surface area contributed by atoms with Gasteiger partial charge in [0.2, 0.25) is 11.8 Å². The van der Waals surface area contributed by atoms with E-state index in [4.69, 9.17) is 11.6 Å². The number of rotatable bonds is 4. The molecule has 6 nitrogen and oxygen atoms in total. The topological polar surface area (TPSA) is 89.0 Å². The number of nitriles is 1. The van der Waals surface area contributed by atoms with Gasteiger partial charge in [0.1, 0.15) is 5.54 Å². The Bertz CT molecular complexity index is 1080. The van der Waals surface area contributed by atoms with Crippen molar-refractivity contribution in [1.29, 1.82) is 5.26 Å². The SMILES string of the molecule is N#CC1(NC(=O)C[C@H]2CCCC[C@H]2C(=O)N2CCc3[nH]c4ccc(Cl)cc4c3C2)CC1. The van der Waals surface area contributed by atoms with Crippen LogP contribution in [0.15, 0.2) is 18.2 Å². The average Bonchev–Trinajstić information content (AvgIpc) is 3.45. The minimum atomic E-state index is -0.648. The maximum absolute atomic E-state index is 13.5. The van der Waals surface area contributed by atoms with Gasteiger partial charge in [0.25, 0.3) is 0 Å². The van der Waals surface area contributed by atoms with Crippen molar-refractivity contribution in [1.82, 2.24) is 15.2 Å². The monoisotopic (exact) mass is 438 g/mol. The predicted octanol–water partition coefficient (Wildman–Crippen LogP) is 4.07. The first-order chi connectivity index (χ1) is 15.0. The first-order valence-corrected chi connectivity index (χ1v) is 11.7. The summed E-state index contributed by atoms with van der Waals surface area (Å²) in [6.45, 7) is 1.28. The summed E-state index contributed by atoms with van der Waals surface area (Å²) in [5.41, 5.74) is 2.76. The van der Waals surface area contributed by atoms with E-state index in [2.05, 4.69) is 16.4 Å². The first kappa shape index (κ1) is 20.4. The second kappa shape index (κ2) is 7.87. The zero-order chi connectivity index (χ0) is 21.6. The molecular formula is C24H27ClN4O2. The largest absolute Gasteiger partial charge is 0.358 e. The number of H-pyrrole nitrogens is 1. The average molecular weight is 439 g/mol. The number of nitrogens with zero attached hydrogens (tertiary/aromatic N) is 2. The van der Waals surface area contributed by atoms with Gasteiger partial charge in [-0.15, -0.1) is 0 Å². The van der Waals surface area contributed by atoms with E-state index >= 15 is 0 Å². The van der Waals surface area contributed by atoms with Gasteiger partial charge < -0.3 is 15.2 Å². The van der Waals surface area contributed by atoms with Crippen LogP contribution in [-0.2, 0) is 22.6 Å². The molecule has 2 atom stereocenters. The summed E-state index contributed by atoms with van der Waals surface area (Å²) in [5, 5.41) is 13.9. The summed E-state index contributed by atoms with van der Waals surface area (Å²) in [5.74, 6) is 0.0125. The zero-order valence-corrected chi connectivity index (χ0v) is 18.3. The van der Waals surface area contributed by atoms with E-state index in [-0.39, 0.29) is 23.7 Å². The molecule has 1 aromatic carbocycles. The summed E-state index contributed by atoms with van der Waals surface area (Å²) in [6, 6.07) is 8.05. The van der Waals surface area contributed by atoms with Crippen LogP contribution >= 0.6 is 11.6 Å². The van der Waals surface area contributed by atoms with Crippen molar-refractivity contribution < 1.29 is 9.59 Å². The third kappa shape index (κ3) is 3.92. The van der Waals surface area contributed by atoms with Gasteiger partial charge in [-0.1, -0.05) is 24.4 Å². The van der Waals surface area contributed by atoms with Crippen molar-refractivity contribution in [3.05, 3.63) is 34.5 Å². The van der Waals surface area contributed by atoms with Crippen LogP contribution in [0.3, 0.4) is 0 Å². The number of halogens is 1. The Labute approximate surface area is 186 Å². The molecule has 1 aliphatic heterocycles. The van der Waals surface area contributed by atoms with Crippen molar-refractivity contribution in [3.63, 3.8) is 0 Å². The number of carbonyl (C=O) groups excluding carboxylic acids is 2. The predicted molar refractivity (Wildman–Crippen MR) is 118 cm³/mol. The standard InChI is InChI=1S/C24H27ClN4O2/c25-16-5-6-20-18(12-16)19-13-29(10-7-21(19)27-20)23(31)17-4-2-1-3-15(17)11-22(30)28-24(14-26)8-9-24/h5-6,12,15,17,27H,1-4,7-11,13H2,(H,28,30)/t15-,17-/m1/s1. The lowest BCUT2D eigenvalue weighted by Crippen LogP contribution is -2.44. The van der Waals surface area contributed by atoms with Crippen LogP contribution in [0.25, 0.3) is 10.9 Å². The Morgan fingerprint density at radius 1 is 1.29 bits per heavy atom. The number of fused-ring (bicyclic) bond motifs is 3. The molecule has 2 aliphatic carbocycles. The maximum atomic E-state index is 13.5. The molecule has 5 rings (SSSR count). The minimum absolute atomic E-state index is 0.0505. The molecule has 7 heteroatoms. The Kier molecular flexibility index (Phi) is 5.18. The number of aromatic nitrogens is 1. The number of hydrogen-bond acceptors (Lipinski definition) is 3. The van der Waals surface area contributed by atoms with Crippen LogP contribution in [0.2, 0.25) is 5.02 Å². The van der Waals surface area contributed by atoms with Crippen molar-refractivity contribution in [2.24, 2.45) is 11.8 Å². The molecule has 2 saturated carbocycles. The van der Waals surface area contributed by atoms with Gasteiger partial charge in [0.15, 0.2) is 0 Å². The van der Waals surface area contributed by atoms with Gasteiger partial charge in [-0.2, -0.15) is 5.26 Å². The van der Waals surface area contributed by atoms with Crippen LogP contribution in [-0.4, -0.2) is 33.8 Å². The molecule has 3 aliphatic rings. The fraction of sp³-hybridized carbons (Fsp3) is 0.542. The molecule has 2 fully saturated rings. The van der Waals surface area contributed by atoms with E-state index in [1.54, 1.807) is 0 Å². The molecule has 0 saturated heterocycles. The van der Waals surface area contributed by atoms with Crippen molar-refractivity contribution in [3.8, 4) is 6.07 Å². The highest BCUT2D eigenvalue weighted by molar-refractivity contribution is 6.31. The van der Waals surface area contributed by atoms with Gasteiger partial charge in [-0.3, -0.25) is 9.59 Å². The molecule has 0 unspecified atom stereocenters. The number of nitrogens with one attached hydrogen (secondary N) is 2. The fourth-order valence-corrected chi connectivity index (χ4v) is 5.50. The van der Waals surface area contributed by atoms with Gasteiger partial charge in [-0.25, -0.2) is 0 Å². The summed E-state index contributed by atoms with van der Waals surface area (Å²) in [6.07, 6.45) is 6.40. The summed E-state index contributed by atoms with van der Waals surface area (Å²) >= 11 is 6.21. The number of amides is 2. The lowest BCUT2D eigenvalue weighted by Gasteiger charge is -2.36. The van der Waals surface area contributed by atoms with Gasteiger partial charge in [0, 0.05) is 59.0 Å². The highest BCUT2D eigenvalue weighted by Gasteiger charge is 2.45. The summed E-state index contributed by atoms with van der Waals surface area (Å²) in [4.78, 5) is 31.6. The quantitative estimate of drug-likeness (QED) is 0.753. The Balaban J connectivity index is 1.30. The molecule has 2 N–H and O–H groups in total. The highest BCUT2D eigenvalue weighted by Crippen LogP contribution is 2.38. The van der Waals surface area contributed by atoms with Crippen LogP contribution in [0.5, 0.6) is 0 Å². The molecule has 2 amide bonds. The van der Waals surface area contributed by atoms with Crippen LogP contribution in [0.4, 0.5) is 0 Å². The molecular weight excluding hydrogens is 412 g/mol. The molecule has 2 aromatic rings. The van der Waals surface area contributed by atoms with Crippen LogP contribution in [0.1, 0.15) is 56.2 Å². The van der Waals surface area contributed by atoms with Crippen molar-refractivity contribution >= 4 is 34.3 Å². The third-order valence-corrected chi connectivity index (χ3v) is 7.50. The number of carbonyl (C=O) groups is 2. The van der Waals surface area contributed by atoms with E-state index in [1.807, 2.05) is 23.1 Å². The van der Waals surface area contributed by atoms with Crippen molar-refractivity contribution in [2.45, 2.75) is 63.5 Å². The lowest BCUT2D eigenvalue weighted by molar-refractivity contribution is -0.140. The first-order valence-electron chi connectivity index (χ1n) is 11.3. The Hall–Kier alpha value is -2.52. The van der Waals surface area contributed by atoms with Gasteiger partial charge in [-0.05, 0) is 49.8 Å². The van der Waals surface area contributed by atoms with E-state index in [1.165, 1.54) is 5.69 Å². The van der Waals surface area contributed by atoms with Crippen molar-refractivity contribution in [2.75, 3.05) is 6.54 Å². The highest BCUT2D eigenvalue weighted by atomic mass is 35.5. The summed E-state index contributed by atoms with van der Waals surface area (Å²) < 4.78 is 0. The Morgan fingerprint density at radius 2 is 2.10 bits per heavy atom. The van der Waals surface area contributed by atoms with Crippen LogP contribution in [0, 0.1) is 23.2 Å². The maximum Gasteiger partial charge on any atom is 0.226 e. The number of benzene rings is 1. The third-order valence-electron chi connectivity index (χ3n) is 7.27. The van der Waals surface area contributed by atoms with E-state index < -0.39 is 5.54 Å². The minimum Gasteiger partial charge on any atom is -0.358 e. The number of aromatic amines is 1. The molecule has 1 aromatic heterocycles. The molecule has 0 bridgehead atoms. The van der Waals surface area contributed by atoms with Gasteiger partial charge in [0.05, 0.1) is 6.07 Å². The lowest BCUT2D eigenvalue weighted by atomic mass is 9.76. The van der Waals surface area contributed by atoms with E-state index in [9.17, 15) is 14.9 Å². The fourth-order valence-electron chi connectivity index (χ4n) is 5.33. The molecule has 0 radical (unpaired) electrons. The normalized spacial score (nSPS) is 24.3. The van der Waals surface area contributed by atoms with E-state index in [0.717, 1.165) is 61.4 Å². The zero-order valence-electron chi connectivity index (χ0n) is 17.5. The molecule has 2 heterocycles. The second-order valence-corrected chi connectivity index (χ2v) is 9.82.